The van der Waals surface area contributed by atoms with Crippen molar-refractivity contribution >= 4 is 23.2 Å². The number of nitrogens with one attached hydrogen (secondary N) is 1. The van der Waals surface area contributed by atoms with E-state index in [1.807, 2.05) is 32.0 Å². The monoisotopic (exact) mass is 358 g/mol. The van der Waals surface area contributed by atoms with Gasteiger partial charge >= 0.3 is 0 Å². The lowest BCUT2D eigenvalue weighted by Crippen LogP contribution is -2.29. The first-order chi connectivity index (χ1) is 12.4. The predicted molar refractivity (Wildman–Crippen MR) is 96.0 cm³/mol. The SMILES string of the molecule is CCc1cccc(C)c1N1CC(C(=O)Nc2ccc(F)c(F)c2)CC1=O. The number of hydrogen-bond donors (Lipinski definition) is 1. The molecule has 1 fully saturated rings. The van der Waals surface area contributed by atoms with Crippen LogP contribution in [0.1, 0.15) is 24.5 Å². The number of carbonyl (C=O) groups excluding carboxylic acids is 2. The van der Waals surface area contributed by atoms with Gasteiger partial charge in [0.15, 0.2) is 11.6 Å². The van der Waals surface area contributed by atoms with Crippen molar-refractivity contribution in [3.8, 4) is 0 Å². The van der Waals surface area contributed by atoms with Crippen molar-refractivity contribution in [2.45, 2.75) is 26.7 Å². The fraction of sp³-hybridized carbons (Fsp3) is 0.300. The lowest BCUT2D eigenvalue weighted by Gasteiger charge is -2.22. The molecule has 136 valence electrons. The molecule has 4 nitrogen and oxygen atoms in total. The van der Waals surface area contributed by atoms with Gasteiger partial charge in [0.1, 0.15) is 0 Å². The molecule has 1 aliphatic heterocycles. The standard InChI is InChI=1S/C20H20F2N2O2/c1-3-13-6-4-5-12(2)19(13)24-11-14(9-18(24)25)20(26)23-15-7-8-16(21)17(22)10-15/h4-8,10,14H,3,9,11H2,1-2H3,(H,23,26). The topological polar surface area (TPSA) is 49.4 Å². The third-order valence-corrected chi connectivity index (χ3v) is 4.66. The van der Waals surface area contributed by atoms with Crippen LogP contribution in [0.2, 0.25) is 0 Å². The maximum absolute atomic E-state index is 13.3. The van der Waals surface area contributed by atoms with Gasteiger partial charge in [-0.1, -0.05) is 25.1 Å². The van der Waals surface area contributed by atoms with Gasteiger partial charge in [-0.25, -0.2) is 8.78 Å². The number of nitrogens with zero attached hydrogens (tertiary/aromatic N) is 1. The average Bonchev–Trinajstić information content (AvgIpc) is 2.99. The van der Waals surface area contributed by atoms with E-state index < -0.39 is 17.6 Å². The molecule has 2 amide bonds. The molecule has 0 bridgehead atoms. The molecule has 26 heavy (non-hydrogen) atoms. The molecule has 1 N–H and O–H groups in total. The number of hydrogen-bond acceptors (Lipinski definition) is 2. The van der Waals surface area contributed by atoms with Gasteiger partial charge in [-0.15, -0.1) is 0 Å². The number of carbonyl (C=O) groups is 2. The van der Waals surface area contributed by atoms with E-state index in [1.54, 1.807) is 4.90 Å². The van der Waals surface area contributed by atoms with E-state index in [-0.39, 0.29) is 30.5 Å². The van der Waals surface area contributed by atoms with Crippen LogP contribution in [-0.4, -0.2) is 18.4 Å². The van der Waals surface area contributed by atoms with E-state index in [1.165, 1.54) is 6.07 Å². The summed E-state index contributed by atoms with van der Waals surface area (Å²) in [6.45, 7) is 4.23. The van der Waals surface area contributed by atoms with Crippen molar-refractivity contribution < 1.29 is 18.4 Å². The summed E-state index contributed by atoms with van der Waals surface area (Å²) in [5.41, 5.74) is 3.08. The molecule has 1 aliphatic rings. The summed E-state index contributed by atoms with van der Waals surface area (Å²) in [5.74, 6) is -3.03. The highest BCUT2D eigenvalue weighted by Gasteiger charge is 2.36. The zero-order valence-electron chi connectivity index (χ0n) is 14.7. The van der Waals surface area contributed by atoms with Crippen LogP contribution in [0.25, 0.3) is 0 Å². The second-order valence-corrected chi connectivity index (χ2v) is 6.46. The Labute approximate surface area is 150 Å². The summed E-state index contributed by atoms with van der Waals surface area (Å²) >= 11 is 0. The van der Waals surface area contributed by atoms with E-state index in [4.69, 9.17) is 0 Å². The number of para-hydroxylation sites is 1. The van der Waals surface area contributed by atoms with Gasteiger partial charge < -0.3 is 10.2 Å². The molecule has 3 rings (SSSR count). The summed E-state index contributed by atoms with van der Waals surface area (Å²) in [7, 11) is 0. The van der Waals surface area contributed by atoms with Crippen LogP contribution >= 0.6 is 0 Å². The molecule has 0 saturated carbocycles. The lowest BCUT2D eigenvalue weighted by atomic mass is 10.0. The maximum Gasteiger partial charge on any atom is 0.229 e. The number of aryl methyl sites for hydroxylation is 2. The fourth-order valence-corrected chi connectivity index (χ4v) is 3.31. The van der Waals surface area contributed by atoms with Crippen LogP contribution < -0.4 is 10.2 Å². The largest absolute Gasteiger partial charge is 0.326 e. The van der Waals surface area contributed by atoms with Crippen molar-refractivity contribution in [1.82, 2.24) is 0 Å². The zero-order valence-corrected chi connectivity index (χ0v) is 14.7. The molecule has 0 aliphatic carbocycles. The number of benzene rings is 2. The highest BCUT2D eigenvalue weighted by molar-refractivity contribution is 6.04. The summed E-state index contributed by atoms with van der Waals surface area (Å²) in [6.07, 6.45) is 0.875. The summed E-state index contributed by atoms with van der Waals surface area (Å²) in [6, 6.07) is 9.05. The minimum atomic E-state index is -1.03. The van der Waals surface area contributed by atoms with Crippen LogP contribution in [0.15, 0.2) is 36.4 Å². The van der Waals surface area contributed by atoms with Crippen LogP contribution in [0.3, 0.4) is 0 Å². The minimum Gasteiger partial charge on any atom is -0.326 e. The Morgan fingerprint density at radius 3 is 2.69 bits per heavy atom. The normalized spacial score (nSPS) is 16.8. The van der Waals surface area contributed by atoms with Gasteiger partial charge in [-0.2, -0.15) is 0 Å². The van der Waals surface area contributed by atoms with Gasteiger partial charge in [0.25, 0.3) is 0 Å². The lowest BCUT2D eigenvalue weighted by molar-refractivity contribution is -0.122. The van der Waals surface area contributed by atoms with Crippen molar-refractivity contribution in [2.75, 3.05) is 16.8 Å². The maximum atomic E-state index is 13.3. The smallest absolute Gasteiger partial charge is 0.229 e. The van der Waals surface area contributed by atoms with Crippen molar-refractivity contribution in [1.29, 1.82) is 0 Å². The molecule has 6 heteroatoms. The zero-order chi connectivity index (χ0) is 18.8. The van der Waals surface area contributed by atoms with Gasteiger partial charge in [-0.05, 0) is 36.6 Å². The fourth-order valence-electron chi connectivity index (χ4n) is 3.31. The third kappa shape index (κ3) is 3.45. The Balaban J connectivity index is 1.77. The average molecular weight is 358 g/mol. The van der Waals surface area contributed by atoms with Crippen molar-refractivity contribution in [3.63, 3.8) is 0 Å². The highest BCUT2D eigenvalue weighted by atomic mass is 19.2. The van der Waals surface area contributed by atoms with E-state index in [0.29, 0.717) is 0 Å². The molecular formula is C20H20F2N2O2. The first kappa shape index (κ1) is 18.0. The van der Waals surface area contributed by atoms with Crippen LogP contribution in [0.5, 0.6) is 0 Å². The first-order valence-corrected chi connectivity index (χ1v) is 8.55. The molecule has 1 saturated heterocycles. The summed E-state index contributed by atoms with van der Waals surface area (Å²) in [5, 5.41) is 2.56. The summed E-state index contributed by atoms with van der Waals surface area (Å²) in [4.78, 5) is 26.6. The molecule has 0 spiro atoms. The number of halogens is 2. The third-order valence-electron chi connectivity index (χ3n) is 4.66. The predicted octanol–water partition coefficient (Wildman–Crippen LogP) is 3.83. The first-order valence-electron chi connectivity index (χ1n) is 8.55. The molecule has 0 aromatic heterocycles. The van der Waals surface area contributed by atoms with Gasteiger partial charge in [0, 0.05) is 30.4 Å². The van der Waals surface area contributed by atoms with Crippen molar-refractivity contribution in [3.05, 3.63) is 59.2 Å². The highest BCUT2D eigenvalue weighted by Crippen LogP contribution is 2.32. The van der Waals surface area contributed by atoms with E-state index in [0.717, 1.165) is 35.4 Å². The molecule has 1 atom stereocenters. The molecule has 0 radical (unpaired) electrons. The second-order valence-electron chi connectivity index (χ2n) is 6.46. The summed E-state index contributed by atoms with van der Waals surface area (Å²) < 4.78 is 26.3. The number of rotatable bonds is 4. The van der Waals surface area contributed by atoms with Gasteiger partial charge in [-0.3, -0.25) is 9.59 Å². The number of anilines is 2. The minimum absolute atomic E-state index is 0.0903. The van der Waals surface area contributed by atoms with E-state index >= 15 is 0 Å². The molecule has 2 aromatic carbocycles. The Morgan fingerprint density at radius 1 is 1.23 bits per heavy atom. The Morgan fingerprint density at radius 2 is 2.00 bits per heavy atom. The van der Waals surface area contributed by atoms with Crippen LogP contribution in [0, 0.1) is 24.5 Å². The van der Waals surface area contributed by atoms with Gasteiger partial charge in [0.2, 0.25) is 11.8 Å². The second kappa shape index (κ2) is 7.23. The van der Waals surface area contributed by atoms with E-state index in [2.05, 4.69) is 5.32 Å². The Hall–Kier alpha value is -2.76. The quantitative estimate of drug-likeness (QED) is 0.903. The Bertz CT molecular complexity index is 867. The van der Waals surface area contributed by atoms with Crippen LogP contribution in [0.4, 0.5) is 20.2 Å². The van der Waals surface area contributed by atoms with Gasteiger partial charge in [0.05, 0.1) is 5.92 Å². The molecular weight excluding hydrogens is 338 g/mol. The Kier molecular flexibility index (Phi) is 5.02. The van der Waals surface area contributed by atoms with Crippen LogP contribution in [-0.2, 0) is 16.0 Å². The van der Waals surface area contributed by atoms with Crippen molar-refractivity contribution in [2.24, 2.45) is 5.92 Å². The molecule has 2 aromatic rings. The van der Waals surface area contributed by atoms with E-state index in [9.17, 15) is 18.4 Å². The molecule has 1 heterocycles. The number of amides is 2. The molecule has 1 unspecified atom stereocenters.